The van der Waals surface area contributed by atoms with Crippen molar-refractivity contribution in [2.24, 2.45) is 0 Å². The third kappa shape index (κ3) is 2.72. The molecule has 0 aliphatic rings. The summed E-state index contributed by atoms with van der Waals surface area (Å²) in [5.41, 5.74) is 0. The topological polar surface area (TPSA) is 26.3 Å². The first kappa shape index (κ1) is 13.1. The Morgan fingerprint density at radius 3 is 2.61 bits per heavy atom. The summed E-state index contributed by atoms with van der Waals surface area (Å²) in [4.78, 5) is 10.9. The Kier molecular flexibility index (Phi) is 4.37. The Morgan fingerprint density at radius 1 is 1.22 bits per heavy atom. The van der Waals surface area contributed by atoms with Crippen molar-refractivity contribution in [2.75, 3.05) is 0 Å². The fourth-order valence-electron chi connectivity index (χ4n) is 1.86. The molecular formula is C15H14BrO2. The van der Waals surface area contributed by atoms with Crippen LogP contribution in [0.2, 0.25) is 0 Å². The standard InChI is InChI=1S/C15H14BrO2/c1-2-5-11(10-17)18-15-9-8-14(16)12-6-3-4-7-13(12)15/h3-4,6-11H,1-2,5H2. The van der Waals surface area contributed by atoms with Gasteiger partial charge in [0.05, 0.1) is 0 Å². The van der Waals surface area contributed by atoms with E-state index < -0.39 is 6.10 Å². The SMILES string of the molecule is [CH2]CCC(C=O)Oc1ccc(Br)c2ccccc12. The van der Waals surface area contributed by atoms with E-state index in [4.69, 9.17) is 4.74 Å². The molecule has 0 saturated carbocycles. The van der Waals surface area contributed by atoms with Crippen molar-refractivity contribution in [3.05, 3.63) is 47.8 Å². The van der Waals surface area contributed by atoms with Gasteiger partial charge in [-0.1, -0.05) is 47.1 Å². The summed E-state index contributed by atoms with van der Waals surface area (Å²) in [5, 5.41) is 2.08. The van der Waals surface area contributed by atoms with E-state index in [2.05, 4.69) is 22.9 Å². The second-order valence-corrected chi connectivity index (χ2v) is 4.88. The van der Waals surface area contributed by atoms with E-state index in [1.165, 1.54) is 0 Å². The highest BCUT2D eigenvalue weighted by molar-refractivity contribution is 9.10. The molecule has 3 heteroatoms. The summed E-state index contributed by atoms with van der Waals surface area (Å²) in [7, 11) is 0. The number of hydrogen-bond donors (Lipinski definition) is 0. The van der Waals surface area contributed by atoms with Crippen molar-refractivity contribution in [2.45, 2.75) is 18.9 Å². The molecule has 0 aliphatic heterocycles. The molecule has 0 heterocycles. The van der Waals surface area contributed by atoms with E-state index in [9.17, 15) is 4.79 Å². The Bertz CT molecular complexity index is 551. The van der Waals surface area contributed by atoms with E-state index in [1.54, 1.807) is 0 Å². The lowest BCUT2D eigenvalue weighted by Gasteiger charge is -2.15. The maximum absolute atomic E-state index is 10.9. The molecule has 1 atom stereocenters. The van der Waals surface area contributed by atoms with E-state index in [1.807, 2.05) is 36.4 Å². The molecule has 0 N–H and O–H groups in total. The van der Waals surface area contributed by atoms with Crippen molar-refractivity contribution >= 4 is 33.0 Å². The molecule has 1 unspecified atom stereocenters. The molecular weight excluding hydrogens is 292 g/mol. The predicted octanol–water partition coefficient (Wildman–Crippen LogP) is 4.16. The molecule has 0 bridgehead atoms. The quantitative estimate of drug-likeness (QED) is 0.775. The van der Waals surface area contributed by atoms with Crippen molar-refractivity contribution in [1.82, 2.24) is 0 Å². The van der Waals surface area contributed by atoms with Gasteiger partial charge in [0.2, 0.25) is 0 Å². The zero-order chi connectivity index (χ0) is 13.0. The summed E-state index contributed by atoms with van der Waals surface area (Å²) in [6.45, 7) is 3.75. The number of carbonyl (C=O) groups excluding carboxylic acids is 1. The van der Waals surface area contributed by atoms with Crippen LogP contribution in [0.5, 0.6) is 5.75 Å². The van der Waals surface area contributed by atoms with Crippen LogP contribution in [0.4, 0.5) is 0 Å². The van der Waals surface area contributed by atoms with Crippen molar-refractivity contribution in [3.63, 3.8) is 0 Å². The van der Waals surface area contributed by atoms with Gasteiger partial charge >= 0.3 is 0 Å². The summed E-state index contributed by atoms with van der Waals surface area (Å²) in [5.74, 6) is 0.736. The minimum atomic E-state index is -0.424. The van der Waals surface area contributed by atoms with Gasteiger partial charge in [0.25, 0.3) is 0 Å². The van der Waals surface area contributed by atoms with Gasteiger partial charge in [0.1, 0.15) is 5.75 Å². The Hall–Kier alpha value is -1.35. The second kappa shape index (κ2) is 6.01. The molecule has 2 rings (SSSR count). The second-order valence-electron chi connectivity index (χ2n) is 4.03. The fraction of sp³-hybridized carbons (Fsp3) is 0.200. The fourth-order valence-corrected chi connectivity index (χ4v) is 2.33. The van der Waals surface area contributed by atoms with Crippen LogP contribution in [-0.4, -0.2) is 12.4 Å². The van der Waals surface area contributed by atoms with Gasteiger partial charge in [-0.3, -0.25) is 4.79 Å². The average molecular weight is 306 g/mol. The number of hydrogen-bond acceptors (Lipinski definition) is 2. The Balaban J connectivity index is 2.39. The number of benzene rings is 2. The average Bonchev–Trinajstić information content (AvgIpc) is 2.41. The number of fused-ring (bicyclic) bond motifs is 1. The maximum Gasteiger partial charge on any atom is 0.160 e. The predicted molar refractivity (Wildman–Crippen MR) is 76.7 cm³/mol. The zero-order valence-corrected chi connectivity index (χ0v) is 11.5. The molecule has 93 valence electrons. The first-order chi connectivity index (χ1) is 8.76. The largest absolute Gasteiger partial charge is 0.482 e. The van der Waals surface area contributed by atoms with Crippen LogP contribution >= 0.6 is 15.9 Å². The number of halogens is 1. The molecule has 0 amide bonds. The maximum atomic E-state index is 10.9. The lowest BCUT2D eigenvalue weighted by Crippen LogP contribution is -2.17. The smallest absolute Gasteiger partial charge is 0.160 e. The highest BCUT2D eigenvalue weighted by Crippen LogP contribution is 2.32. The number of ether oxygens (including phenoxy) is 1. The van der Waals surface area contributed by atoms with E-state index in [0.29, 0.717) is 12.8 Å². The van der Waals surface area contributed by atoms with Gasteiger partial charge in [-0.15, -0.1) is 0 Å². The minimum absolute atomic E-state index is 0.424. The lowest BCUT2D eigenvalue weighted by atomic mass is 10.1. The van der Waals surface area contributed by atoms with Gasteiger partial charge < -0.3 is 4.74 Å². The third-order valence-electron chi connectivity index (χ3n) is 2.75. The number of rotatable bonds is 5. The first-order valence-electron chi connectivity index (χ1n) is 5.84. The van der Waals surface area contributed by atoms with Gasteiger partial charge in [0, 0.05) is 9.86 Å². The van der Waals surface area contributed by atoms with Crippen LogP contribution < -0.4 is 4.74 Å². The molecule has 2 nitrogen and oxygen atoms in total. The van der Waals surface area contributed by atoms with Crippen LogP contribution in [0, 0.1) is 6.92 Å². The highest BCUT2D eigenvalue weighted by Gasteiger charge is 2.11. The van der Waals surface area contributed by atoms with Crippen molar-refractivity contribution in [1.29, 1.82) is 0 Å². The van der Waals surface area contributed by atoms with Gasteiger partial charge in [-0.05, 0) is 30.4 Å². The first-order valence-corrected chi connectivity index (χ1v) is 6.64. The molecule has 0 aliphatic carbocycles. The van der Waals surface area contributed by atoms with E-state index >= 15 is 0 Å². The number of aldehydes is 1. The molecule has 1 radical (unpaired) electrons. The van der Waals surface area contributed by atoms with Crippen LogP contribution in [0.15, 0.2) is 40.9 Å². The Labute approximate surface area is 115 Å². The highest BCUT2D eigenvalue weighted by atomic mass is 79.9. The van der Waals surface area contributed by atoms with Gasteiger partial charge in [-0.2, -0.15) is 0 Å². The molecule has 2 aromatic carbocycles. The lowest BCUT2D eigenvalue weighted by molar-refractivity contribution is -0.113. The van der Waals surface area contributed by atoms with E-state index in [-0.39, 0.29) is 0 Å². The van der Waals surface area contributed by atoms with Gasteiger partial charge in [-0.25, -0.2) is 0 Å². The Morgan fingerprint density at radius 2 is 1.94 bits per heavy atom. The van der Waals surface area contributed by atoms with Gasteiger partial charge in [0.15, 0.2) is 12.4 Å². The van der Waals surface area contributed by atoms with E-state index in [0.717, 1.165) is 27.3 Å². The molecule has 0 fully saturated rings. The molecule has 0 aromatic heterocycles. The minimum Gasteiger partial charge on any atom is -0.482 e. The summed E-state index contributed by atoms with van der Waals surface area (Å²) in [6, 6.07) is 11.8. The molecule has 2 aromatic rings. The van der Waals surface area contributed by atoms with Crippen LogP contribution in [0.25, 0.3) is 10.8 Å². The molecule has 18 heavy (non-hydrogen) atoms. The van der Waals surface area contributed by atoms with Crippen LogP contribution in [0.3, 0.4) is 0 Å². The van der Waals surface area contributed by atoms with Crippen LogP contribution in [0.1, 0.15) is 12.8 Å². The van der Waals surface area contributed by atoms with Crippen molar-refractivity contribution in [3.8, 4) is 5.75 Å². The normalized spacial score (nSPS) is 12.3. The zero-order valence-electron chi connectivity index (χ0n) is 9.93. The third-order valence-corrected chi connectivity index (χ3v) is 3.44. The van der Waals surface area contributed by atoms with Crippen LogP contribution in [-0.2, 0) is 4.79 Å². The monoisotopic (exact) mass is 305 g/mol. The van der Waals surface area contributed by atoms with Crippen molar-refractivity contribution < 1.29 is 9.53 Å². The number of carbonyl (C=O) groups is 1. The molecule has 0 saturated heterocycles. The summed E-state index contributed by atoms with van der Waals surface area (Å²) >= 11 is 3.51. The summed E-state index contributed by atoms with van der Waals surface area (Å²) in [6.07, 6.45) is 1.72. The molecule has 0 spiro atoms. The summed E-state index contributed by atoms with van der Waals surface area (Å²) < 4.78 is 6.76.